The molecule has 0 bridgehead atoms. The van der Waals surface area contributed by atoms with Gasteiger partial charge in [-0.3, -0.25) is 14.8 Å². The minimum absolute atomic E-state index is 0.428. The molecule has 9 heavy (non-hydrogen) atoms. The molecule has 0 aliphatic heterocycles. The molecule has 0 aromatic rings. The van der Waals surface area contributed by atoms with Crippen molar-refractivity contribution < 1.29 is 13.9 Å². The van der Waals surface area contributed by atoms with Crippen LogP contribution in [0.25, 0.3) is 0 Å². The van der Waals surface area contributed by atoms with E-state index in [4.69, 9.17) is 5.41 Å². The summed E-state index contributed by atoms with van der Waals surface area (Å²) >= 11 is 0. The Morgan fingerprint density at radius 1 is 1.67 bits per heavy atom. The smallest absolute Gasteiger partial charge is 0.241 e. The molecule has 1 unspecified atom stereocenters. The Kier molecular flexibility index (Phi) is 3.35. The van der Waals surface area contributed by atoms with Gasteiger partial charge in [0.15, 0.2) is 11.2 Å². The highest BCUT2D eigenvalue weighted by atomic mass is 31.1. The number of Topliss-reactive ketones (excluding diaryl/α,β-unsaturated/α-hetero) is 1. The predicted octanol–water partition coefficient (Wildman–Crippen LogP) is 0.674. The van der Waals surface area contributed by atoms with Crippen LogP contribution < -0.4 is 0 Å². The maximum absolute atomic E-state index is 10.5. The molecule has 0 radical (unpaired) electrons. The van der Waals surface area contributed by atoms with E-state index < -0.39 is 19.3 Å². The maximum atomic E-state index is 10.5. The third-order valence-electron chi connectivity index (χ3n) is 0.742. The fourth-order valence-corrected chi connectivity index (χ4v) is 0.737. The molecule has 0 heterocycles. The molecule has 5 heteroatoms. The third kappa shape index (κ3) is 2.54. The Hall–Kier alpha value is -0.470. The number of nitrogens with one attached hydrogen (secondary N) is 1. The molecule has 0 fully saturated rings. The van der Waals surface area contributed by atoms with Gasteiger partial charge in [0.05, 0.1) is 0 Å². The van der Waals surface area contributed by atoms with E-state index in [1.165, 1.54) is 14.0 Å². The van der Waals surface area contributed by atoms with Crippen LogP contribution in [0, 0.1) is 5.41 Å². The van der Waals surface area contributed by atoms with E-state index in [9.17, 15) is 9.36 Å². The molecular weight excluding hydrogens is 141 g/mol. The van der Waals surface area contributed by atoms with Gasteiger partial charge in [-0.15, -0.1) is 0 Å². The first-order valence-corrected chi connectivity index (χ1v) is 3.59. The van der Waals surface area contributed by atoms with Crippen LogP contribution in [0.3, 0.4) is 0 Å². The monoisotopic (exact) mass is 149 g/mol. The van der Waals surface area contributed by atoms with Crippen molar-refractivity contribution in [1.82, 2.24) is 0 Å². The van der Waals surface area contributed by atoms with Crippen LogP contribution in [0.1, 0.15) is 6.92 Å². The van der Waals surface area contributed by atoms with E-state index in [1.807, 2.05) is 0 Å². The highest BCUT2D eigenvalue weighted by molar-refractivity contribution is 7.63. The van der Waals surface area contributed by atoms with Crippen LogP contribution in [0.2, 0.25) is 0 Å². The van der Waals surface area contributed by atoms with Crippen molar-refractivity contribution in [3.05, 3.63) is 0 Å². The fourth-order valence-electron chi connectivity index (χ4n) is 0.246. The molecule has 0 aliphatic rings. The molecule has 0 saturated heterocycles. The summed E-state index contributed by atoms with van der Waals surface area (Å²) in [4.78, 5) is 10.3. The van der Waals surface area contributed by atoms with Crippen molar-refractivity contribution in [2.24, 2.45) is 0 Å². The number of carbonyl (C=O) groups excluding carboxylic acids is 1. The SMILES string of the molecule is CO[PH](=O)C(=N)C(C)=O. The number of hydrogen-bond donors (Lipinski definition) is 1. The number of carbonyl (C=O) groups is 1. The molecule has 0 saturated carbocycles. The molecule has 52 valence electrons. The van der Waals surface area contributed by atoms with Gasteiger partial charge >= 0.3 is 0 Å². The minimum Gasteiger partial charge on any atom is -0.330 e. The molecule has 0 amide bonds. The van der Waals surface area contributed by atoms with Gasteiger partial charge in [0, 0.05) is 14.0 Å². The second kappa shape index (κ2) is 3.54. The zero-order valence-electron chi connectivity index (χ0n) is 5.22. The molecule has 0 spiro atoms. The lowest BCUT2D eigenvalue weighted by molar-refractivity contribution is -0.110. The summed E-state index contributed by atoms with van der Waals surface area (Å²) in [5.74, 6) is -0.499. The van der Waals surface area contributed by atoms with Crippen molar-refractivity contribution in [3.63, 3.8) is 0 Å². The van der Waals surface area contributed by atoms with E-state index in [-0.39, 0.29) is 0 Å². The number of hydrogen-bond acceptors (Lipinski definition) is 4. The van der Waals surface area contributed by atoms with Crippen LogP contribution in [0.15, 0.2) is 0 Å². The van der Waals surface area contributed by atoms with E-state index >= 15 is 0 Å². The lowest BCUT2D eigenvalue weighted by atomic mass is 10.5. The van der Waals surface area contributed by atoms with Crippen molar-refractivity contribution in [3.8, 4) is 0 Å². The van der Waals surface area contributed by atoms with Crippen LogP contribution >= 0.6 is 8.03 Å². The third-order valence-corrected chi connectivity index (χ3v) is 1.87. The van der Waals surface area contributed by atoms with E-state index in [0.29, 0.717) is 0 Å². The lowest BCUT2D eigenvalue weighted by Crippen LogP contribution is -2.02. The average molecular weight is 149 g/mol. The molecule has 1 atom stereocenters. The summed E-state index contributed by atoms with van der Waals surface area (Å²) in [6, 6.07) is 0. The predicted molar refractivity (Wildman–Crippen MR) is 34.4 cm³/mol. The summed E-state index contributed by atoms with van der Waals surface area (Å²) in [5, 5.41) is 6.81. The Labute approximate surface area is 53.6 Å². The van der Waals surface area contributed by atoms with Gasteiger partial charge in [0.2, 0.25) is 8.03 Å². The molecule has 4 nitrogen and oxygen atoms in total. The first-order valence-electron chi connectivity index (χ1n) is 2.27. The molecular formula is C4H8NO3P. The first-order chi connectivity index (χ1) is 4.09. The molecule has 0 aromatic carbocycles. The fraction of sp³-hybridized carbons (Fsp3) is 0.500. The normalized spacial score (nSPS) is 12.7. The Morgan fingerprint density at radius 3 is 2.22 bits per heavy atom. The van der Waals surface area contributed by atoms with Crippen LogP contribution in [-0.4, -0.2) is 18.3 Å². The summed E-state index contributed by atoms with van der Waals surface area (Å²) in [7, 11) is -1.32. The summed E-state index contributed by atoms with van der Waals surface area (Å²) in [5.41, 5.74) is -0.428. The summed E-state index contributed by atoms with van der Waals surface area (Å²) in [6.45, 7) is 1.18. The van der Waals surface area contributed by atoms with Crippen molar-refractivity contribution >= 4 is 19.3 Å². The summed E-state index contributed by atoms with van der Waals surface area (Å²) < 4.78 is 14.7. The topological polar surface area (TPSA) is 67.2 Å². The Bertz CT molecular complexity index is 165. The van der Waals surface area contributed by atoms with Gasteiger partial charge in [-0.2, -0.15) is 0 Å². The molecule has 0 rings (SSSR count). The molecule has 0 aliphatic carbocycles. The van der Waals surface area contributed by atoms with Gasteiger partial charge in [-0.25, -0.2) is 0 Å². The molecule has 0 aromatic heterocycles. The quantitative estimate of drug-likeness (QED) is 0.473. The Balaban J connectivity index is 4.05. The van der Waals surface area contributed by atoms with E-state index in [1.54, 1.807) is 0 Å². The summed E-state index contributed by atoms with van der Waals surface area (Å²) in [6.07, 6.45) is 0. The van der Waals surface area contributed by atoms with Crippen LogP contribution in [0.4, 0.5) is 0 Å². The van der Waals surface area contributed by atoms with Gasteiger partial charge in [0.1, 0.15) is 0 Å². The largest absolute Gasteiger partial charge is 0.330 e. The van der Waals surface area contributed by atoms with Gasteiger partial charge in [-0.1, -0.05) is 0 Å². The number of rotatable bonds is 3. The standard InChI is InChI=1S/C4H8NO3P/c1-3(6)4(5)9(7)8-2/h5,9H,1-2H3. The highest BCUT2D eigenvalue weighted by Gasteiger charge is 2.09. The van der Waals surface area contributed by atoms with Crippen LogP contribution in [-0.2, 0) is 13.9 Å². The zero-order valence-corrected chi connectivity index (χ0v) is 6.22. The van der Waals surface area contributed by atoms with E-state index in [2.05, 4.69) is 4.52 Å². The van der Waals surface area contributed by atoms with Gasteiger partial charge < -0.3 is 4.52 Å². The maximum Gasteiger partial charge on any atom is 0.241 e. The van der Waals surface area contributed by atoms with Gasteiger partial charge in [0.25, 0.3) is 0 Å². The number of ketones is 1. The highest BCUT2D eigenvalue weighted by Crippen LogP contribution is 2.21. The zero-order chi connectivity index (χ0) is 7.44. The second-order valence-electron chi connectivity index (χ2n) is 1.42. The van der Waals surface area contributed by atoms with Crippen molar-refractivity contribution in [2.75, 3.05) is 7.11 Å². The second-order valence-corrected chi connectivity index (χ2v) is 2.91. The van der Waals surface area contributed by atoms with E-state index in [0.717, 1.165) is 0 Å². The average Bonchev–Trinajstić information content (AvgIpc) is 1.84. The van der Waals surface area contributed by atoms with Crippen LogP contribution in [0.5, 0.6) is 0 Å². The van der Waals surface area contributed by atoms with Gasteiger partial charge in [-0.05, 0) is 0 Å². The lowest BCUT2D eigenvalue weighted by Gasteiger charge is -1.94. The Morgan fingerprint density at radius 2 is 2.11 bits per heavy atom. The van der Waals surface area contributed by atoms with Crippen molar-refractivity contribution in [2.45, 2.75) is 6.92 Å². The minimum atomic E-state index is -2.52. The van der Waals surface area contributed by atoms with Crippen molar-refractivity contribution in [1.29, 1.82) is 5.41 Å². The first kappa shape index (κ1) is 8.53. The molecule has 1 N–H and O–H groups in total.